The van der Waals surface area contributed by atoms with Gasteiger partial charge in [-0.3, -0.25) is 15.0 Å². The van der Waals surface area contributed by atoms with Crippen LogP contribution in [0.1, 0.15) is 25.3 Å². The lowest BCUT2D eigenvalue weighted by atomic mass is 9.98. The van der Waals surface area contributed by atoms with E-state index in [2.05, 4.69) is 22.5 Å². The molecule has 8 heteroatoms. The zero-order valence-corrected chi connectivity index (χ0v) is 16.5. The van der Waals surface area contributed by atoms with E-state index in [1.807, 2.05) is 30.3 Å². The predicted molar refractivity (Wildman–Crippen MR) is 112 cm³/mol. The SMILES string of the molecule is C=C(NCC(CCCNC(=N)N)C(C)=O)C(Cc1ccccc1)NC(=O)CN. The standard InChI is InChI=1S/C20H32N6O2/c1-14(25-13-17(15(2)27)9-6-10-24-20(22)23)18(26-19(28)12-21)11-16-7-4-3-5-8-16/h3-5,7-8,17-18,25H,1,6,9-13,21H2,2H3,(H,26,28)(H4,22,23,24). The van der Waals surface area contributed by atoms with Crippen LogP contribution in [0.4, 0.5) is 0 Å². The van der Waals surface area contributed by atoms with Crippen LogP contribution < -0.4 is 27.4 Å². The third kappa shape index (κ3) is 9.18. The highest BCUT2D eigenvalue weighted by Gasteiger charge is 2.19. The van der Waals surface area contributed by atoms with E-state index in [1.54, 1.807) is 6.92 Å². The number of carbonyl (C=O) groups excluding carboxylic acids is 2. The first-order valence-corrected chi connectivity index (χ1v) is 9.37. The fraction of sp³-hybridized carbons (Fsp3) is 0.450. The first kappa shape index (κ1) is 23.2. The number of amides is 1. The Morgan fingerprint density at radius 1 is 1.21 bits per heavy atom. The number of ketones is 1. The Bertz CT molecular complexity index is 662. The molecule has 0 aliphatic carbocycles. The van der Waals surface area contributed by atoms with Crippen LogP contribution in [0.2, 0.25) is 0 Å². The number of nitrogens with one attached hydrogen (secondary N) is 4. The maximum atomic E-state index is 11.9. The van der Waals surface area contributed by atoms with Gasteiger partial charge in [-0.05, 0) is 31.7 Å². The molecular formula is C20H32N6O2. The second kappa shape index (κ2) is 12.5. The molecule has 0 spiro atoms. The van der Waals surface area contributed by atoms with Gasteiger partial charge in [-0.2, -0.15) is 0 Å². The van der Waals surface area contributed by atoms with Crippen LogP contribution in [0, 0.1) is 11.3 Å². The van der Waals surface area contributed by atoms with Crippen LogP contribution >= 0.6 is 0 Å². The highest BCUT2D eigenvalue weighted by molar-refractivity contribution is 5.79. The lowest BCUT2D eigenvalue weighted by Crippen LogP contribution is -2.45. The van der Waals surface area contributed by atoms with Crippen molar-refractivity contribution in [3.8, 4) is 0 Å². The van der Waals surface area contributed by atoms with Crippen molar-refractivity contribution < 1.29 is 9.59 Å². The maximum absolute atomic E-state index is 11.9. The van der Waals surface area contributed by atoms with Crippen LogP contribution in [0.25, 0.3) is 0 Å². The summed E-state index contributed by atoms with van der Waals surface area (Å²) in [5.74, 6) is -0.450. The molecule has 0 aliphatic heterocycles. The number of hydrogen-bond donors (Lipinski definition) is 6. The number of benzene rings is 1. The molecule has 1 aromatic carbocycles. The van der Waals surface area contributed by atoms with Crippen LogP contribution in [-0.2, 0) is 16.0 Å². The summed E-state index contributed by atoms with van der Waals surface area (Å²) in [5, 5.41) is 16.0. The Morgan fingerprint density at radius 2 is 1.89 bits per heavy atom. The fourth-order valence-electron chi connectivity index (χ4n) is 2.76. The molecule has 0 radical (unpaired) electrons. The Hall–Kier alpha value is -2.87. The zero-order valence-electron chi connectivity index (χ0n) is 16.5. The number of rotatable bonds is 13. The number of Topliss-reactive ketones (excluding diaryl/α,β-unsaturated/α-hetero) is 1. The molecule has 0 fully saturated rings. The van der Waals surface area contributed by atoms with Crippen molar-refractivity contribution in [2.24, 2.45) is 17.4 Å². The Kier molecular flexibility index (Phi) is 10.3. The van der Waals surface area contributed by atoms with Gasteiger partial charge in [0.15, 0.2) is 5.96 Å². The second-order valence-corrected chi connectivity index (χ2v) is 6.71. The minimum absolute atomic E-state index is 0.0775. The highest BCUT2D eigenvalue weighted by atomic mass is 16.2. The molecule has 28 heavy (non-hydrogen) atoms. The summed E-state index contributed by atoms with van der Waals surface area (Å²) in [6.45, 7) is 6.49. The van der Waals surface area contributed by atoms with E-state index in [9.17, 15) is 9.59 Å². The molecule has 2 unspecified atom stereocenters. The average Bonchev–Trinajstić information content (AvgIpc) is 2.66. The summed E-state index contributed by atoms with van der Waals surface area (Å²) in [6, 6.07) is 9.44. The van der Waals surface area contributed by atoms with Crippen LogP contribution in [0.15, 0.2) is 42.6 Å². The van der Waals surface area contributed by atoms with Crippen LogP contribution in [0.3, 0.4) is 0 Å². The van der Waals surface area contributed by atoms with E-state index < -0.39 is 0 Å². The normalized spacial score (nSPS) is 12.5. The topological polar surface area (TPSA) is 146 Å². The van der Waals surface area contributed by atoms with E-state index in [-0.39, 0.29) is 36.2 Å². The highest BCUT2D eigenvalue weighted by Crippen LogP contribution is 2.11. The summed E-state index contributed by atoms with van der Waals surface area (Å²) < 4.78 is 0. The summed E-state index contributed by atoms with van der Waals surface area (Å²) in [4.78, 5) is 23.7. The van der Waals surface area contributed by atoms with Crippen molar-refractivity contribution in [1.82, 2.24) is 16.0 Å². The Balaban J connectivity index is 2.64. The third-order valence-electron chi connectivity index (χ3n) is 4.42. The Morgan fingerprint density at radius 3 is 2.46 bits per heavy atom. The van der Waals surface area contributed by atoms with Crippen molar-refractivity contribution in [3.63, 3.8) is 0 Å². The molecule has 1 rings (SSSR count). The quantitative estimate of drug-likeness (QED) is 0.162. The first-order valence-electron chi connectivity index (χ1n) is 9.37. The predicted octanol–water partition coefficient (Wildman–Crippen LogP) is 0.244. The third-order valence-corrected chi connectivity index (χ3v) is 4.42. The van der Waals surface area contributed by atoms with Gasteiger partial charge in [-0.15, -0.1) is 0 Å². The van der Waals surface area contributed by atoms with E-state index in [0.717, 1.165) is 12.0 Å². The summed E-state index contributed by atoms with van der Waals surface area (Å²) in [6.07, 6.45) is 1.95. The molecular weight excluding hydrogens is 356 g/mol. The molecule has 2 atom stereocenters. The number of hydrogen-bond acceptors (Lipinski definition) is 5. The molecule has 8 nitrogen and oxygen atoms in total. The van der Waals surface area contributed by atoms with Crippen molar-refractivity contribution in [1.29, 1.82) is 5.41 Å². The van der Waals surface area contributed by atoms with Crippen molar-refractivity contribution in [2.45, 2.75) is 32.2 Å². The van der Waals surface area contributed by atoms with Gasteiger partial charge in [0.1, 0.15) is 5.78 Å². The van der Waals surface area contributed by atoms with Gasteiger partial charge < -0.3 is 27.4 Å². The minimum Gasteiger partial charge on any atom is -0.386 e. The van der Waals surface area contributed by atoms with Gasteiger partial charge >= 0.3 is 0 Å². The molecule has 0 saturated carbocycles. The zero-order chi connectivity index (χ0) is 20.9. The molecule has 1 aromatic rings. The largest absolute Gasteiger partial charge is 0.386 e. The van der Waals surface area contributed by atoms with E-state index in [4.69, 9.17) is 16.9 Å². The lowest BCUT2D eigenvalue weighted by molar-refractivity contribution is -0.121. The second-order valence-electron chi connectivity index (χ2n) is 6.71. The van der Waals surface area contributed by atoms with Gasteiger partial charge in [0.2, 0.25) is 5.91 Å². The molecule has 0 aromatic heterocycles. The van der Waals surface area contributed by atoms with Crippen molar-refractivity contribution in [3.05, 3.63) is 48.2 Å². The Labute approximate surface area is 166 Å². The minimum atomic E-state index is -0.328. The summed E-state index contributed by atoms with van der Waals surface area (Å²) in [5.41, 5.74) is 12.4. The number of guanidine groups is 1. The van der Waals surface area contributed by atoms with Crippen molar-refractivity contribution in [2.75, 3.05) is 19.6 Å². The van der Waals surface area contributed by atoms with Crippen LogP contribution in [-0.4, -0.2) is 43.3 Å². The smallest absolute Gasteiger partial charge is 0.234 e. The van der Waals surface area contributed by atoms with Gasteiger partial charge in [-0.1, -0.05) is 36.9 Å². The average molecular weight is 389 g/mol. The lowest BCUT2D eigenvalue weighted by Gasteiger charge is -2.24. The molecule has 0 aliphatic rings. The molecule has 154 valence electrons. The number of carbonyl (C=O) groups is 2. The van der Waals surface area contributed by atoms with E-state index in [1.165, 1.54) is 0 Å². The maximum Gasteiger partial charge on any atom is 0.234 e. The monoisotopic (exact) mass is 388 g/mol. The molecule has 1 amide bonds. The number of nitrogens with two attached hydrogens (primary N) is 2. The van der Waals surface area contributed by atoms with Gasteiger partial charge in [0.05, 0.1) is 12.6 Å². The van der Waals surface area contributed by atoms with E-state index >= 15 is 0 Å². The molecule has 0 heterocycles. The molecule has 0 saturated heterocycles. The molecule has 8 N–H and O–H groups in total. The van der Waals surface area contributed by atoms with Crippen LogP contribution in [0.5, 0.6) is 0 Å². The summed E-state index contributed by atoms with van der Waals surface area (Å²) in [7, 11) is 0. The fourth-order valence-corrected chi connectivity index (χ4v) is 2.76. The summed E-state index contributed by atoms with van der Waals surface area (Å²) >= 11 is 0. The van der Waals surface area contributed by atoms with Gasteiger partial charge in [-0.25, -0.2) is 0 Å². The van der Waals surface area contributed by atoms with E-state index in [0.29, 0.717) is 31.6 Å². The van der Waals surface area contributed by atoms with Gasteiger partial charge in [0, 0.05) is 24.7 Å². The van der Waals surface area contributed by atoms with Crippen molar-refractivity contribution >= 4 is 17.6 Å². The first-order chi connectivity index (χ1) is 13.3. The molecule has 0 bridgehead atoms. The van der Waals surface area contributed by atoms with Gasteiger partial charge in [0.25, 0.3) is 0 Å².